The molecule has 0 rings (SSSR count). The van der Waals surface area contributed by atoms with E-state index in [-0.39, 0.29) is 0 Å². The highest BCUT2D eigenvalue weighted by Crippen LogP contribution is 1.98. The molecule has 1 heteroatoms. The van der Waals surface area contributed by atoms with Crippen LogP contribution in [0.4, 0.5) is 0 Å². The molecule has 0 aromatic rings. The van der Waals surface area contributed by atoms with Gasteiger partial charge in [-0.05, 0) is 25.5 Å². The summed E-state index contributed by atoms with van der Waals surface area (Å²) in [5.74, 6) is 0. The quantitative estimate of drug-likeness (QED) is 0.637. The van der Waals surface area contributed by atoms with Crippen LogP contribution in [0.25, 0.3) is 0 Å². The third-order valence-electron chi connectivity index (χ3n) is 1.11. The average molecular weight is 213 g/mol. The molecule has 0 unspecified atom stereocenters. The molecule has 15 heavy (non-hydrogen) atoms. The van der Waals surface area contributed by atoms with Crippen LogP contribution in [-0.2, 0) is 0 Å². The summed E-state index contributed by atoms with van der Waals surface area (Å²) in [5, 5.41) is 0. The third kappa shape index (κ3) is 24.6. The highest BCUT2D eigenvalue weighted by molar-refractivity contribution is 5.27. The lowest BCUT2D eigenvalue weighted by atomic mass is 10.2. The van der Waals surface area contributed by atoms with E-state index < -0.39 is 0 Å². The maximum Gasteiger partial charge on any atom is 0.0340 e. The van der Waals surface area contributed by atoms with E-state index in [4.69, 9.17) is 5.73 Å². The second-order valence-electron chi connectivity index (χ2n) is 1.84. The number of nitrogens with two attached hydrogens (primary N) is 1. The van der Waals surface area contributed by atoms with E-state index in [0.29, 0.717) is 0 Å². The van der Waals surface area contributed by atoms with Crippen LogP contribution in [0.1, 0.15) is 55.4 Å². The Kier molecular flexibility index (Phi) is 46.2. The van der Waals surface area contributed by atoms with Crippen LogP contribution in [-0.4, -0.2) is 0 Å². The maximum atomic E-state index is 5.56. The van der Waals surface area contributed by atoms with E-state index >= 15 is 0 Å². The van der Waals surface area contributed by atoms with E-state index in [1.807, 2.05) is 67.5 Å². The summed E-state index contributed by atoms with van der Waals surface area (Å²) >= 11 is 0. The molecule has 1 nitrogen and oxygen atoms in total. The number of hydrogen-bond donors (Lipinski definition) is 1. The van der Waals surface area contributed by atoms with Gasteiger partial charge in [0.25, 0.3) is 0 Å². The largest absolute Gasteiger partial charge is 0.399 e. The zero-order valence-electron chi connectivity index (χ0n) is 12.0. The van der Waals surface area contributed by atoms with Crippen molar-refractivity contribution < 1.29 is 0 Å². The van der Waals surface area contributed by atoms with Gasteiger partial charge in [0.1, 0.15) is 0 Å². The minimum Gasteiger partial charge on any atom is -0.399 e. The van der Waals surface area contributed by atoms with Crippen LogP contribution in [0.2, 0.25) is 0 Å². The highest BCUT2D eigenvalue weighted by Gasteiger charge is 1.84. The molecule has 0 spiro atoms. The highest BCUT2D eigenvalue weighted by atomic mass is 14.6. The van der Waals surface area contributed by atoms with Crippen LogP contribution >= 0.6 is 0 Å². The van der Waals surface area contributed by atoms with Gasteiger partial charge in [0, 0.05) is 5.70 Å². The summed E-state index contributed by atoms with van der Waals surface area (Å²) in [6.45, 7) is 19.5. The maximum absolute atomic E-state index is 5.56. The average Bonchev–Trinajstić information content (AvgIpc) is 2.36. The van der Waals surface area contributed by atoms with E-state index in [9.17, 15) is 0 Å². The Morgan fingerprint density at radius 1 is 1.00 bits per heavy atom. The lowest BCUT2D eigenvalue weighted by molar-refractivity contribution is 1.32. The van der Waals surface area contributed by atoms with Crippen molar-refractivity contribution in [3.63, 3.8) is 0 Å². The molecule has 0 saturated heterocycles. The van der Waals surface area contributed by atoms with Crippen LogP contribution < -0.4 is 5.73 Å². The molecule has 0 aliphatic carbocycles. The molecule has 0 fully saturated rings. The zero-order valence-corrected chi connectivity index (χ0v) is 12.0. The Bertz CT molecular complexity index is 153. The van der Waals surface area contributed by atoms with E-state index in [1.54, 1.807) is 6.08 Å². The van der Waals surface area contributed by atoms with E-state index in [0.717, 1.165) is 11.3 Å². The van der Waals surface area contributed by atoms with Gasteiger partial charge in [0.15, 0.2) is 0 Å². The summed E-state index contributed by atoms with van der Waals surface area (Å²) in [7, 11) is 0. The predicted molar refractivity (Wildman–Crippen MR) is 75.9 cm³/mol. The fourth-order valence-corrected chi connectivity index (χ4v) is 0.429. The minimum absolute atomic E-state index is 0.785. The van der Waals surface area contributed by atoms with Crippen molar-refractivity contribution in [3.05, 3.63) is 36.1 Å². The molecule has 0 heterocycles. The van der Waals surface area contributed by atoms with Crippen LogP contribution in [0, 0.1) is 0 Å². The van der Waals surface area contributed by atoms with E-state index in [2.05, 4.69) is 6.58 Å². The van der Waals surface area contributed by atoms with Gasteiger partial charge in [-0.1, -0.05) is 60.3 Å². The standard InChI is InChI=1S/C8H13N.3C2H6/c1-4-6-8(9)7(3)5-2;3*1-2/h4-6H,2,9H2,1,3H3;3*1-2H3/b6-4-,8-7+;;;. The van der Waals surface area contributed by atoms with Crippen molar-refractivity contribution in [1.29, 1.82) is 0 Å². The van der Waals surface area contributed by atoms with Crippen LogP contribution in [0.5, 0.6) is 0 Å². The molecule has 0 amide bonds. The molecule has 0 aliphatic rings. The summed E-state index contributed by atoms with van der Waals surface area (Å²) in [6, 6.07) is 0. The molecule has 2 N–H and O–H groups in total. The topological polar surface area (TPSA) is 26.0 Å². The van der Waals surface area contributed by atoms with Crippen molar-refractivity contribution in [2.75, 3.05) is 0 Å². The van der Waals surface area contributed by atoms with Gasteiger partial charge in [0.2, 0.25) is 0 Å². The lowest BCUT2D eigenvalue weighted by Crippen LogP contribution is -1.94. The normalized spacial score (nSPS) is 9.33. The summed E-state index contributed by atoms with van der Waals surface area (Å²) in [4.78, 5) is 0. The Hall–Kier alpha value is -0.980. The Morgan fingerprint density at radius 2 is 1.33 bits per heavy atom. The van der Waals surface area contributed by atoms with Crippen LogP contribution in [0.3, 0.4) is 0 Å². The molecular weight excluding hydrogens is 182 g/mol. The summed E-state index contributed by atoms with van der Waals surface area (Å²) in [6.07, 6.45) is 5.51. The van der Waals surface area contributed by atoms with Crippen molar-refractivity contribution in [3.8, 4) is 0 Å². The molecule has 0 saturated carbocycles. The second kappa shape index (κ2) is 29.2. The van der Waals surface area contributed by atoms with Crippen molar-refractivity contribution in [1.82, 2.24) is 0 Å². The fourth-order valence-electron chi connectivity index (χ4n) is 0.429. The molecule has 0 bridgehead atoms. The van der Waals surface area contributed by atoms with Crippen molar-refractivity contribution >= 4 is 0 Å². The zero-order chi connectivity index (χ0) is 13.3. The SMILES string of the molecule is C=C/C(C)=C(N)\C=C/C.CC.CC.CC. The Labute approximate surface area is 97.8 Å². The van der Waals surface area contributed by atoms with Crippen molar-refractivity contribution in [2.24, 2.45) is 5.73 Å². The molecular formula is C14H31N. The number of hydrogen-bond acceptors (Lipinski definition) is 1. The van der Waals surface area contributed by atoms with Gasteiger partial charge < -0.3 is 5.73 Å². The fraction of sp³-hybridized carbons (Fsp3) is 0.571. The number of allylic oxidation sites excluding steroid dienone is 4. The molecule has 0 aliphatic heterocycles. The van der Waals surface area contributed by atoms with Gasteiger partial charge >= 0.3 is 0 Å². The Balaban J connectivity index is -0.0000000860. The van der Waals surface area contributed by atoms with Gasteiger partial charge in [0.05, 0.1) is 0 Å². The smallest absolute Gasteiger partial charge is 0.0340 e. The molecule has 92 valence electrons. The summed E-state index contributed by atoms with van der Waals surface area (Å²) < 4.78 is 0. The van der Waals surface area contributed by atoms with Gasteiger partial charge in [-0.3, -0.25) is 0 Å². The molecule has 0 radical (unpaired) electrons. The predicted octanol–water partition coefficient (Wildman–Crippen LogP) is 5.06. The minimum atomic E-state index is 0.785. The van der Waals surface area contributed by atoms with Crippen molar-refractivity contribution in [2.45, 2.75) is 55.4 Å². The molecule has 0 aromatic heterocycles. The number of rotatable bonds is 2. The van der Waals surface area contributed by atoms with Gasteiger partial charge in [-0.25, -0.2) is 0 Å². The second-order valence-corrected chi connectivity index (χ2v) is 1.84. The first kappa shape index (κ1) is 23.7. The van der Waals surface area contributed by atoms with E-state index in [1.165, 1.54) is 0 Å². The third-order valence-corrected chi connectivity index (χ3v) is 1.11. The van der Waals surface area contributed by atoms with Gasteiger partial charge in [-0.15, -0.1) is 0 Å². The molecule has 0 atom stereocenters. The first-order chi connectivity index (χ1) is 7.22. The summed E-state index contributed by atoms with van der Waals surface area (Å²) in [5.41, 5.74) is 7.37. The van der Waals surface area contributed by atoms with Crippen LogP contribution in [0.15, 0.2) is 36.1 Å². The first-order valence-electron chi connectivity index (χ1n) is 5.93. The van der Waals surface area contributed by atoms with Gasteiger partial charge in [-0.2, -0.15) is 0 Å². The first-order valence-corrected chi connectivity index (χ1v) is 5.93. The monoisotopic (exact) mass is 213 g/mol. The lowest BCUT2D eigenvalue weighted by Gasteiger charge is -1.94. The Morgan fingerprint density at radius 3 is 1.53 bits per heavy atom. The molecule has 0 aromatic carbocycles.